The number of hydrogen-bond donors (Lipinski definition) is 2. The highest BCUT2D eigenvalue weighted by Gasteiger charge is 2.42. The molecule has 0 saturated carbocycles. The van der Waals surface area contributed by atoms with E-state index in [2.05, 4.69) is 11.4 Å². The lowest BCUT2D eigenvalue weighted by Crippen LogP contribution is -2.29. The summed E-state index contributed by atoms with van der Waals surface area (Å²) in [6.07, 6.45) is 4.98. The molecule has 23 heavy (non-hydrogen) atoms. The number of phenolic OH excluding ortho intramolecular Hbond substituents is 1. The molecule has 2 N–H and O–H groups in total. The van der Waals surface area contributed by atoms with Gasteiger partial charge in [-0.2, -0.15) is 0 Å². The average Bonchev–Trinajstić information content (AvgIpc) is 3.05. The fourth-order valence-corrected chi connectivity index (χ4v) is 3.82. The van der Waals surface area contributed by atoms with E-state index in [1.165, 1.54) is 12.1 Å². The first kappa shape index (κ1) is 13.8. The Hall–Kier alpha value is -2.82. The Morgan fingerprint density at radius 3 is 2.70 bits per heavy atom. The molecule has 1 aliphatic heterocycles. The minimum absolute atomic E-state index is 0.0246. The van der Waals surface area contributed by atoms with Gasteiger partial charge in [-0.15, -0.1) is 0 Å². The molecule has 0 fully saturated rings. The lowest BCUT2D eigenvalue weighted by molar-refractivity contribution is -0.385. The molecular formula is C18H16N2O3. The molecule has 2 aromatic carbocycles. The second kappa shape index (κ2) is 5.12. The number of allylic oxidation sites excluding steroid dienone is 2. The summed E-state index contributed by atoms with van der Waals surface area (Å²) < 4.78 is 0. The van der Waals surface area contributed by atoms with Crippen molar-refractivity contribution in [3.05, 3.63) is 75.9 Å². The number of hydrogen-bond acceptors (Lipinski definition) is 4. The zero-order valence-corrected chi connectivity index (χ0v) is 12.3. The van der Waals surface area contributed by atoms with E-state index in [0.29, 0.717) is 11.3 Å². The summed E-state index contributed by atoms with van der Waals surface area (Å²) >= 11 is 0. The first-order valence-corrected chi connectivity index (χ1v) is 7.65. The Bertz CT molecular complexity index is 801. The Morgan fingerprint density at radius 1 is 1.17 bits per heavy atom. The molecule has 3 unspecified atom stereocenters. The van der Waals surface area contributed by atoms with Crippen molar-refractivity contribution in [1.29, 1.82) is 0 Å². The van der Waals surface area contributed by atoms with Crippen molar-refractivity contribution in [3.63, 3.8) is 0 Å². The molecule has 1 aliphatic carbocycles. The fraction of sp³-hybridized carbons (Fsp3) is 0.222. The summed E-state index contributed by atoms with van der Waals surface area (Å²) in [7, 11) is 0. The third-order valence-electron chi connectivity index (χ3n) is 4.83. The quantitative estimate of drug-likeness (QED) is 0.378. The molecule has 2 aliphatic rings. The van der Waals surface area contributed by atoms with Crippen LogP contribution in [0.4, 0.5) is 11.4 Å². The van der Waals surface area contributed by atoms with Crippen molar-refractivity contribution in [1.82, 2.24) is 0 Å². The van der Waals surface area contributed by atoms with Gasteiger partial charge in [0.2, 0.25) is 0 Å². The third-order valence-corrected chi connectivity index (χ3v) is 4.83. The molecule has 1 heterocycles. The molecule has 0 radical (unpaired) electrons. The van der Waals surface area contributed by atoms with Crippen LogP contribution in [-0.2, 0) is 0 Å². The number of aromatic hydroxyl groups is 1. The largest absolute Gasteiger partial charge is 0.506 e. The lowest BCUT2D eigenvalue weighted by atomic mass is 9.76. The highest BCUT2D eigenvalue weighted by Crippen LogP contribution is 2.54. The summed E-state index contributed by atoms with van der Waals surface area (Å²) in [5.74, 6) is 0.222. The zero-order valence-electron chi connectivity index (χ0n) is 12.3. The van der Waals surface area contributed by atoms with Gasteiger partial charge in [0.15, 0.2) is 0 Å². The maximum Gasteiger partial charge on any atom is 0.275 e. The Kier molecular flexibility index (Phi) is 3.08. The Labute approximate surface area is 133 Å². The maximum absolute atomic E-state index is 11.4. The van der Waals surface area contributed by atoms with Gasteiger partial charge < -0.3 is 10.4 Å². The van der Waals surface area contributed by atoms with Gasteiger partial charge in [0.05, 0.1) is 22.2 Å². The topological polar surface area (TPSA) is 75.4 Å². The van der Waals surface area contributed by atoms with E-state index >= 15 is 0 Å². The van der Waals surface area contributed by atoms with Crippen LogP contribution < -0.4 is 5.32 Å². The molecule has 5 heteroatoms. The van der Waals surface area contributed by atoms with Gasteiger partial charge in [0.1, 0.15) is 5.75 Å². The second-order valence-electron chi connectivity index (χ2n) is 6.04. The second-order valence-corrected chi connectivity index (χ2v) is 6.04. The van der Waals surface area contributed by atoms with Crippen LogP contribution >= 0.6 is 0 Å². The maximum atomic E-state index is 11.4. The van der Waals surface area contributed by atoms with Crippen molar-refractivity contribution < 1.29 is 10.0 Å². The molecule has 2 aromatic rings. The molecule has 116 valence electrons. The minimum atomic E-state index is -0.369. The van der Waals surface area contributed by atoms with Crippen molar-refractivity contribution in [2.24, 2.45) is 5.92 Å². The highest BCUT2D eigenvalue weighted by atomic mass is 16.6. The normalized spacial score (nSPS) is 24.6. The number of benzene rings is 2. The minimum Gasteiger partial charge on any atom is -0.506 e. The smallest absolute Gasteiger partial charge is 0.275 e. The predicted octanol–water partition coefficient (Wildman–Crippen LogP) is 4.13. The molecule has 0 amide bonds. The molecule has 0 spiro atoms. The predicted molar refractivity (Wildman–Crippen MR) is 87.6 cm³/mol. The van der Waals surface area contributed by atoms with Crippen molar-refractivity contribution >= 4 is 11.4 Å². The Morgan fingerprint density at radius 2 is 1.96 bits per heavy atom. The molecule has 5 nitrogen and oxygen atoms in total. The number of fused-ring (bicyclic) bond motifs is 3. The van der Waals surface area contributed by atoms with Crippen LogP contribution in [0.5, 0.6) is 5.75 Å². The number of nitro groups is 1. The summed E-state index contributed by atoms with van der Waals surface area (Å²) in [5, 5.41) is 25.0. The fourth-order valence-electron chi connectivity index (χ4n) is 3.82. The summed E-state index contributed by atoms with van der Waals surface area (Å²) in [6, 6.07) is 12.8. The van der Waals surface area contributed by atoms with Crippen molar-refractivity contribution in [3.8, 4) is 5.75 Å². The van der Waals surface area contributed by atoms with Crippen LogP contribution in [0.2, 0.25) is 0 Å². The number of anilines is 1. The molecule has 0 bridgehead atoms. The standard InChI is InChI=1S/C18H16N2O3/c21-15-10-9-14(20(22)23)16-12-7-4-8-13(12)17(19-18(15)16)11-5-2-1-3-6-11/h1-7,9-10,12-13,17,19,21H,8H2. The third kappa shape index (κ3) is 2.08. The van der Waals surface area contributed by atoms with Gasteiger partial charge >= 0.3 is 0 Å². The number of nitrogens with zero attached hydrogens (tertiary/aromatic N) is 1. The van der Waals surface area contributed by atoms with E-state index < -0.39 is 0 Å². The highest BCUT2D eigenvalue weighted by molar-refractivity contribution is 5.73. The SMILES string of the molecule is O=[N+]([O-])c1ccc(O)c2c1C1C=CCC1C(c1ccccc1)N2. The van der Waals surface area contributed by atoms with Gasteiger partial charge in [-0.3, -0.25) is 10.1 Å². The van der Waals surface area contributed by atoms with E-state index in [1.54, 1.807) is 0 Å². The van der Waals surface area contributed by atoms with Crippen LogP contribution in [0.25, 0.3) is 0 Å². The summed E-state index contributed by atoms with van der Waals surface area (Å²) in [4.78, 5) is 11.0. The van der Waals surface area contributed by atoms with E-state index in [4.69, 9.17) is 0 Å². The van der Waals surface area contributed by atoms with Crippen LogP contribution in [0.15, 0.2) is 54.6 Å². The molecule has 0 aromatic heterocycles. The van der Waals surface area contributed by atoms with Crippen LogP contribution in [0.3, 0.4) is 0 Å². The average molecular weight is 308 g/mol. The van der Waals surface area contributed by atoms with Gasteiger partial charge in [0, 0.05) is 12.0 Å². The van der Waals surface area contributed by atoms with E-state index in [0.717, 1.165) is 12.0 Å². The van der Waals surface area contributed by atoms with E-state index in [-0.39, 0.29) is 34.2 Å². The van der Waals surface area contributed by atoms with Crippen LogP contribution in [-0.4, -0.2) is 10.0 Å². The number of phenols is 1. The van der Waals surface area contributed by atoms with Crippen molar-refractivity contribution in [2.75, 3.05) is 5.32 Å². The van der Waals surface area contributed by atoms with Gasteiger partial charge in [0.25, 0.3) is 5.69 Å². The molecule has 0 saturated heterocycles. The monoisotopic (exact) mass is 308 g/mol. The zero-order chi connectivity index (χ0) is 16.0. The van der Waals surface area contributed by atoms with Crippen LogP contribution in [0, 0.1) is 16.0 Å². The van der Waals surface area contributed by atoms with Gasteiger partial charge in [-0.05, 0) is 24.0 Å². The van der Waals surface area contributed by atoms with E-state index in [9.17, 15) is 15.2 Å². The summed E-state index contributed by atoms with van der Waals surface area (Å²) in [6.45, 7) is 0. The van der Waals surface area contributed by atoms with Crippen LogP contribution in [0.1, 0.15) is 29.5 Å². The van der Waals surface area contributed by atoms with Gasteiger partial charge in [-0.25, -0.2) is 0 Å². The van der Waals surface area contributed by atoms with Gasteiger partial charge in [-0.1, -0.05) is 42.5 Å². The molecule has 3 atom stereocenters. The molecule has 4 rings (SSSR count). The summed E-state index contributed by atoms with van der Waals surface area (Å²) in [5.41, 5.74) is 2.28. The first-order chi connectivity index (χ1) is 11.2. The van der Waals surface area contributed by atoms with E-state index in [1.807, 2.05) is 36.4 Å². The number of nitrogens with one attached hydrogen (secondary N) is 1. The number of rotatable bonds is 2. The Balaban J connectivity index is 1.89. The first-order valence-electron chi connectivity index (χ1n) is 7.65. The lowest BCUT2D eigenvalue weighted by Gasteiger charge is -2.37. The van der Waals surface area contributed by atoms with Crippen molar-refractivity contribution in [2.45, 2.75) is 18.4 Å². The number of nitro benzene ring substituents is 1. The molecular weight excluding hydrogens is 292 g/mol.